The third-order valence-electron chi connectivity index (χ3n) is 3.74. The average molecular weight is 301 g/mol. The van der Waals surface area contributed by atoms with Crippen molar-refractivity contribution < 1.29 is 13.9 Å². The van der Waals surface area contributed by atoms with Crippen LogP contribution < -0.4 is 4.74 Å². The van der Waals surface area contributed by atoms with E-state index in [0.29, 0.717) is 12.1 Å². The molecule has 2 aromatic carbocycles. The molecule has 0 saturated carbocycles. The number of hydrogen-bond acceptors (Lipinski definition) is 2. The number of aryl methyl sites for hydroxylation is 2. The molecule has 2 rings (SSSR count). The molecule has 0 fully saturated rings. The van der Waals surface area contributed by atoms with Crippen molar-refractivity contribution in [2.75, 3.05) is 14.2 Å². The lowest BCUT2D eigenvalue weighted by Gasteiger charge is -2.18. The van der Waals surface area contributed by atoms with Gasteiger partial charge >= 0.3 is 0 Å². The predicted octanol–water partition coefficient (Wildman–Crippen LogP) is 3.72. The summed E-state index contributed by atoms with van der Waals surface area (Å²) in [5.74, 6) is -0.307. The zero-order valence-corrected chi connectivity index (χ0v) is 13.3. The Balaban J connectivity index is 2.14. The smallest absolute Gasteiger partial charge is 0.253 e. The molecule has 1 amide bonds. The molecular formula is C18H20FNO2. The standard InChI is InChI=1S/C18H20FNO2/c1-12-5-7-15(9-13(12)2)18(21)20(3)11-14-6-8-17(22-4)16(19)10-14/h5-10H,11H2,1-4H3. The van der Waals surface area contributed by atoms with Crippen molar-refractivity contribution in [1.82, 2.24) is 4.90 Å². The van der Waals surface area contributed by atoms with E-state index in [0.717, 1.165) is 16.7 Å². The van der Waals surface area contributed by atoms with Crippen LogP contribution in [-0.2, 0) is 6.54 Å². The van der Waals surface area contributed by atoms with Crippen LogP contribution in [0.3, 0.4) is 0 Å². The fraction of sp³-hybridized carbons (Fsp3) is 0.278. The second-order valence-corrected chi connectivity index (χ2v) is 5.43. The van der Waals surface area contributed by atoms with Gasteiger partial charge in [0.1, 0.15) is 0 Å². The number of amides is 1. The number of halogens is 1. The summed E-state index contributed by atoms with van der Waals surface area (Å²) in [4.78, 5) is 14.0. The minimum atomic E-state index is -0.424. The van der Waals surface area contributed by atoms with Gasteiger partial charge in [-0.2, -0.15) is 0 Å². The van der Waals surface area contributed by atoms with Crippen molar-refractivity contribution >= 4 is 5.91 Å². The van der Waals surface area contributed by atoms with Gasteiger partial charge in [0, 0.05) is 19.2 Å². The molecule has 0 aliphatic heterocycles. The SMILES string of the molecule is COc1ccc(CN(C)C(=O)c2ccc(C)c(C)c2)cc1F. The van der Waals surface area contributed by atoms with E-state index >= 15 is 0 Å². The second-order valence-electron chi connectivity index (χ2n) is 5.43. The van der Waals surface area contributed by atoms with Gasteiger partial charge in [0.2, 0.25) is 0 Å². The lowest BCUT2D eigenvalue weighted by molar-refractivity contribution is 0.0785. The second kappa shape index (κ2) is 6.60. The highest BCUT2D eigenvalue weighted by Gasteiger charge is 2.13. The van der Waals surface area contributed by atoms with Crippen LogP contribution in [0.15, 0.2) is 36.4 Å². The Bertz CT molecular complexity index is 697. The zero-order valence-electron chi connectivity index (χ0n) is 13.3. The van der Waals surface area contributed by atoms with Gasteiger partial charge in [0.25, 0.3) is 5.91 Å². The molecule has 4 heteroatoms. The lowest BCUT2D eigenvalue weighted by Crippen LogP contribution is -2.26. The Morgan fingerprint density at radius 1 is 1.14 bits per heavy atom. The summed E-state index contributed by atoms with van der Waals surface area (Å²) < 4.78 is 18.6. The number of carbonyl (C=O) groups is 1. The molecule has 3 nitrogen and oxygen atoms in total. The zero-order chi connectivity index (χ0) is 16.3. The maximum absolute atomic E-state index is 13.7. The molecule has 0 aliphatic rings. The van der Waals surface area contributed by atoms with Crippen molar-refractivity contribution in [3.05, 3.63) is 64.5 Å². The highest BCUT2D eigenvalue weighted by Crippen LogP contribution is 2.19. The molecule has 0 radical (unpaired) electrons. The van der Waals surface area contributed by atoms with Crippen LogP contribution in [-0.4, -0.2) is 25.0 Å². The minimum absolute atomic E-state index is 0.0840. The van der Waals surface area contributed by atoms with Crippen molar-refractivity contribution in [2.24, 2.45) is 0 Å². The van der Waals surface area contributed by atoms with Crippen LogP contribution in [0.5, 0.6) is 5.75 Å². The molecule has 2 aromatic rings. The molecule has 0 bridgehead atoms. The van der Waals surface area contributed by atoms with Crippen molar-refractivity contribution in [2.45, 2.75) is 20.4 Å². The molecule has 116 valence electrons. The van der Waals surface area contributed by atoms with Crippen LogP contribution >= 0.6 is 0 Å². The fourth-order valence-electron chi connectivity index (χ4n) is 2.25. The first kappa shape index (κ1) is 16.0. The fourth-order valence-corrected chi connectivity index (χ4v) is 2.25. The van der Waals surface area contributed by atoms with E-state index in [2.05, 4.69) is 0 Å². The molecule has 0 spiro atoms. The predicted molar refractivity (Wildman–Crippen MR) is 84.7 cm³/mol. The Hall–Kier alpha value is -2.36. The summed E-state index contributed by atoms with van der Waals surface area (Å²) >= 11 is 0. The van der Waals surface area contributed by atoms with Crippen molar-refractivity contribution in [3.63, 3.8) is 0 Å². The molecule has 0 aliphatic carbocycles. The van der Waals surface area contributed by atoms with Crippen LogP contribution in [0.4, 0.5) is 4.39 Å². The minimum Gasteiger partial charge on any atom is -0.494 e. The lowest BCUT2D eigenvalue weighted by atomic mass is 10.1. The van der Waals surface area contributed by atoms with Gasteiger partial charge in [-0.25, -0.2) is 4.39 Å². The summed E-state index contributed by atoms with van der Waals surface area (Å²) in [5.41, 5.74) is 3.59. The summed E-state index contributed by atoms with van der Waals surface area (Å²) in [5, 5.41) is 0. The topological polar surface area (TPSA) is 29.5 Å². The average Bonchev–Trinajstić information content (AvgIpc) is 2.49. The van der Waals surface area contributed by atoms with Gasteiger partial charge in [0.05, 0.1) is 7.11 Å². The maximum Gasteiger partial charge on any atom is 0.253 e. The Kier molecular flexibility index (Phi) is 4.81. The number of ether oxygens (including phenoxy) is 1. The van der Waals surface area contributed by atoms with Gasteiger partial charge in [-0.05, 0) is 54.8 Å². The number of rotatable bonds is 4. The maximum atomic E-state index is 13.7. The summed E-state index contributed by atoms with van der Waals surface area (Å²) in [6.45, 7) is 4.32. The molecule has 0 atom stereocenters. The van der Waals surface area contributed by atoms with Crippen molar-refractivity contribution in [1.29, 1.82) is 0 Å². The Morgan fingerprint density at radius 3 is 2.45 bits per heavy atom. The molecule has 0 saturated heterocycles. The van der Waals surface area contributed by atoms with E-state index in [9.17, 15) is 9.18 Å². The normalized spacial score (nSPS) is 10.4. The molecule has 0 aromatic heterocycles. The Labute approximate surface area is 130 Å². The summed E-state index contributed by atoms with van der Waals surface area (Å²) in [6.07, 6.45) is 0. The monoisotopic (exact) mass is 301 g/mol. The van der Waals surface area contributed by atoms with E-state index in [1.165, 1.54) is 13.2 Å². The number of hydrogen-bond donors (Lipinski definition) is 0. The highest BCUT2D eigenvalue weighted by atomic mass is 19.1. The first-order valence-electron chi connectivity index (χ1n) is 7.07. The number of methoxy groups -OCH3 is 1. The van der Waals surface area contributed by atoms with Crippen LogP contribution in [0.25, 0.3) is 0 Å². The van der Waals surface area contributed by atoms with E-state index in [1.807, 2.05) is 32.0 Å². The molecule has 0 heterocycles. The summed E-state index contributed by atoms with van der Waals surface area (Å²) in [7, 11) is 3.13. The first-order valence-corrected chi connectivity index (χ1v) is 7.07. The summed E-state index contributed by atoms with van der Waals surface area (Å²) in [6, 6.07) is 10.3. The van der Waals surface area contributed by atoms with Crippen molar-refractivity contribution in [3.8, 4) is 5.75 Å². The van der Waals surface area contributed by atoms with Gasteiger partial charge in [-0.1, -0.05) is 12.1 Å². The van der Waals surface area contributed by atoms with E-state index in [-0.39, 0.29) is 11.7 Å². The largest absolute Gasteiger partial charge is 0.494 e. The van der Waals surface area contributed by atoms with E-state index < -0.39 is 5.82 Å². The third kappa shape index (κ3) is 3.45. The quantitative estimate of drug-likeness (QED) is 0.861. The van der Waals surface area contributed by atoms with Crippen LogP contribution in [0, 0.1) is 19.7 Å². The first-order chi connectivity index (χ1) is 10.4. The van der Waals surface area contributed by atoms with Crippen LogP contribution in [0.2, 0.25) is 0 Å². The third-order valence-corrected chi connectivity index (χ3v) is 3.74. The molecule has 0 N–H and O–H groups in total. The molecule has 22 heavy (non-hydrogen) atoms. The van der Waals surface area contributed by atoms with Gasteiger partial charge in [-0.3, -0.25) is 4.79 Å². The number of nitrogens with zero attached hydrogens (tertiary/aromatic N) is 1. The van der Waals surface area contributed by atoms with Gasteiger partial charge in [-0.15, -0.1) is 0 Å². The number of carbonyl (C=O) groups excluding carboxylic acids is 1. The van der Waals surface area contributed by atoms with Gasteiger partial charge in [0.15, 0.2) is 11.6 Å². The van der Waals surface area contributed by atoms with Gasteiger partial charge < -0.3 is 9.64 Å². The Morgan fingerprint density at radius 2 is 1.86 bits per heavy atom. The van der Waals surface area contributed by atoms with E-state index in [4.69, 9.17) is 4.74 Å². The molecular weight excluding hydrogens is 281 g/mol. The molecule has 0 unspecified atom stereocenters. The van der Waals surface area contributed by atoms with Crippen LogP contribution in [0.1, 0.15) is 27.0 Å². The number of benzene rings is 2. The van der Waals surface area contributed by atoms with E-state index in [1.54, 1.807) is 24.1 Å². The highest BCUT2D eigenvalue weighted by molar-refractivity contribution is 5.94.